The molecule has 3 heterocycles. The normalized spacial score (nSPS) is 35.9. The Balaban J connectivity index is 1.43. The lowest BCUT2D eigenvalue weighted by Crippen LogP contribution is -2.78. The van der Waals surface area contributed by atoms with Crippen LogP contribution in [0.2, 0.25) is 0 Å². The second kappa shape index (κ2) is 6.42. The Kier molecular flexibility index (Phi) is 3.83. The number of hydrogen-bond acceptors (Lipinski definition) is 6. The number of nitrogens with zero attached hydrogens (tertiary/aromatic N) is 2. The van der Waals surface area contributed by atoms with Crippen LogP contribution in [-0.4, -0.2) is 66.9 Å². The van der Waals surface area contributed by atoms with Crippen LogP contribution in [-0.2, 0) is 16.6 Å². The van der Waals surface area contributed by atoms with E-state index in [1.165, 1.54) is 5.56 Å². The number of amides is 1. The quantitative estimate of drug-likeness (QED) is 0.736. The van der Waals surface area contributed by atoms with Gasteiger partial charge in [-0.1, -0.05) is 18.2 Å². The number of carbonyl (C=O) groups is 1. The van der Waals surface area contributed by atoms with Crippen molar-refractivity contribution in [2.24, 2.45) is 0 Å². The summed E-state index contributed by atoms with van der Waals surface area (Å²) in [5.41, 5.74) is 2.89. The summed E-state index contributed by atoms with van der Waals surface area (Å²) in [7, 11) is 3.81. The van der Waals surface area contributed by atoms with Crippen molar-refractivity contribution in [3.63, 3.8) is 0 Å². The molecule has 7 nitrogen and oxygen atoms in total. The average Bonchev–Trinajstić information content (AvgIpc) is 3.16. The minimum absolute atomic E-state index is 0.00860. The number of fused-ring (bicyclic) bond motifs is 1. The van der Waals surface area contributed by atoms with Crippen LogP contribution in [0.1, 0.15) is 30.4 Å². The zero-order chi connectivity index (χ0) is 22.5. The number of nitrogens with one attached hydrogen (secondary N) is 1. The number of likely N-dealkylation sites (N-methyl/N-ethyl adjacent to an activating group) is 1. The molecule has 172 valence electrons. The molecule has 3 aliphatic heterocycles. The number of para-hydroxylation sites is 2. The molecule has 1 saturated heterocycles. The fourth-order valence-electron chi connectivity index (χ4n) is 7.75. The van der Waals surface area contributed by atoms with Crippen LogP contribution in [0.5, 0.6) is 11.5 Å². The highest BCUT2D eigenvalue weighted by Gasteiger charge is 2.73. The topological polar surface area (TPSA) is 74.3 Å². The third-order valence-electron chi connectivity index (χ3n) is 9.10. The second-order valence-corrected chi connectivity index (χ2v) is 10.3. The molecule has 2 bridgehead atoms. The summed E-state index contributed by atoms with van der Waals surface area (Å²) in [6, 6.07) is 12.2. The summed E-state index contributed by atoms with van der Waals surface area (Å²) in [6.07, 6.45) is 2.84. The zero-order valence-electron chi connectivity index (χ0n) is 19.0. The number of methoxy groups -OCH3 is 1. The third kappa shape index (κ3) is 2.25. The molecule has 7 heteroatoms. The number of likely N-dealkylation sites (tertiary alicyclic amines) is 1. The first-order chi connectivity index (χ1) is 16.0. The van der Waals surface area contributed by atoms with E-state index >= 15 is 0 Å². The van der Waals surface area contributed by atoms with Gasteiger partial charge in [0.2, 0.25) is 5.91 Å². The molecule has 0 unspecified atom stereocenters. The van der Waals surface area contributed by atoms with Crippen molar-refractivity contribution in [1.29, 1.82) is 0 Å². The van der Waals surface area contributed by atoms with E-state index in [4.69, 9.17) is 9.47 Å². The Morgan fingerprint density at radius 1 is 1.21 bits per heavy atom. The summed E-state index contributed by atoms with van der Waals surface area (Å²) >= 11 is 0. The predicted octanol–water partition coefficient (Wildman–Crippen LogP) is 2.31. The van der Waals surface area contributed by atoms with Crippen molar-refractivity contribution in [3.8, 4) is 11.5 Å². The van der Waals surface area contributed by atoms with Crippen molar-refractivity contribution in [3.05, 3.63) is 47.5 Å². The fraction of sp³-hybridized carbons (Fsp3) is 0.500. The summed E-state index contributed by atoms with van der Waals surface area (Å²) in [4.78, 5) is 17.2. The molecule has 0 aromatic heterocycles. The fourth-order valence-corrected chi connectivity index (χ4v) is 7.75. The highest BCUT2D eigenvalue weighted by atomic mass is 16.5. The van der Waals surface area contributed by atoms with Crippen LogP contribution < -0.4 is 19.7 Å². The van der Waals surface area contributed by atoms with Gasteiger partial charge < -0.3 is 29.7 Å². The van der Waals surface area contributed by atoms with Crippen molar-refractivity contribution in [2.75, 3.05) is 37.5 Å². The average molecular weight is 448 g/mol. The first-order valence-electron chi connectivity index (χ1n) is 11.9. The Bertz CT molecular complexity index is 1180. The Morgan fingerprint density at radius 2 is 2.06 bits per heavy atom. The lowest BCUT2D eigenvalue weighted by Gasteiger charge is -2.64. The van der Waals surface area contributed by atoms with Crippen LogP contribution in [0.25, 0.3) is 0 Å². The lowest BCUT2D eigenvalue weighted by atomic mass is 9.48. The minimum atomic E-state index is -0.872. The van der Waals surface area contributed by atoms with E-state index in [1.54, 1.807) is 7.11 Å². The molecule has 33 heavy (non-hydrogen) atoms. The van der Waals surface area contributed by atoms with E-state index in [1.807, 2.05) is 24.3 Å². The van der Waals surface area contributed by atoms with E-state index in [9.17, 15) is 9.90 Å². The Morgan fingerprint density at radius 3 is 2.91 bits per heavy atom. The van der Waals surface area contributed by atoms with E-state index in [2.05, 4.69) is 34.3 Å². The van der Waals surface area contributed by atoms with Crippen LogP contribution in [0.4, 0.5) is 11.4 Å². The van der Waals surface area contributed by atoms with Gasteiger partial charge in [-0.15, -0.1) is 0 Å². The van der Waals surface area contributed by atoms with Crippen LogP contribution in [0, 0.1) is 0 Å². The largest absolute Gasteiger partial charge is 0.493 e. The molecule has 5 atom stereocenters. The van der Waals surface area contributed by atoms with Gasteiger partial charge in [0.1, 0.15) is 6.10 Å². The van der Waals surface area contributed by atoms with Gasteiger partial charge in [0.25, 0.3) is 0 Å². The minimum Gasteiger partial charge on any atom is -0.493 e. The number of carbonyl (C=O) groups excluding carboxylic acids is 1. The highest BCUT2D eigenvalue weighted by Crippen LogP contribution is 2.66. The van der Waals surface area contributed by atoms with E-state index in [0.717, 1.165) is 54.2 Å². The van der Waals surface area contributed by atoms with Gasteiger partial charge in [0.05, 0.1) is 42.1 Å². The molecule has 2 N–H and O–H groups in total. The smallest absolute Gasteiger partial charge is 0.243 e. The van der Waals surface area contributed by atoms with Crippen molar-refractivity contribution < 1.29 is 19.4 Å². The predicted molar refractivity (Wildman–Crippen MR) is 124 cm³/mol. The molecule has 2 aromatic carbocycles. The second-order valence-electron chi connectivity index (χ2n) is 10.3. The van der Waals surface area contributed by atoms with Crippen molar-refractivity contribution >= 4 is 17.3 Å². The van der Waals surface area contributed by atoms with E-state index in [0.29, 0.717) is 13.0 Å². The van der Waals surface area contributed by atoms with Crippen LogP contribution >= 0.6 is 0 Å². The number of hydrogen-bond donors (Lipinski definition) is 2. The third-order valence-corrected chi connectivity index (χ3v) is 9.10. The number of aliphatic hydroxyl groups is 1. The van der Waals surface area contributed by atoms with Crippen molar-refractivity contribution in [2.45, 2.75) is 54.9 Å². The van der Waals surface area contributed by atoms with E-state index < -0.39 is 11.0 Å². The van der Waals surface area contributed by atoms with Crippen LogP contribution in [0.3, 0.4) is 0 Å². The molecule has 1 amide bonds. The number of piperidine rings is 1. The summed E-state index contributed by atoms with van der Waals surface area (Å²) in [6.45, 7) is 1.20. The molecule has 1 spiro atoms. The van der Waals surface area contributed by atoms with Gasteiger partial charge in [0.15, 0.2) is 11.5 Å². The molecule has 1 saturated carbocycles. The molecule has 2 aromatic rings. The first kappa shape index (κ1) is 19.7. The number of anilines is 2. The monoisotopic (exact) mass is 447 g/mol. The van der Waals surface area contributed by atoms with Gasteiger partial charge >= 0.3 is 0 Å². The standard InChI is InChI=1S/C26H29N3O4/c1-28-12-11-25-22-15-7-8-19(32-2)23(22)33-24(25)18(9-10-26(25,31)20(28)13-15)29-14-21(30)27-16-5-3-4-6-17(16)29/h3-8,18,20,24,31H,9-14H2,1-2H3,(H,27,30)/t18-,20+,24+,25+,26-/m1/s1. The summed E-state index contributed by atoms with van der Waals surface area (Å²) in [5.74, 6) is 1.52. The molecular formula is C26H29N3O4. The Hall–Kier alpha value is -2.77. The first-order valence-corrected chi connectivity index (χ1v) is 11.9. The number of benzene rings is 2. The number of ether oxygens (including phenoxy) is 2. The van der Waals surface area contributed by atoms with Gasteiger partial charge in [-0.3, -0.25) is 4.79 Å². The highest BCUT2D eigenvalue weighted by molar-refractivity contribution is 6.01. The van der Waals surface area contributed by atoms with Gasteiger partial charge in [0, 0.05) is 11.6 Å². The van der Waals surface area contributed by atoms with Gasteiger partial charge in [-0.25, -0.2) is 0 Å². The maximum atomic E-state index is 12.7. The van der Waals surface area contributed by atoms with Crippen LogP contribution in [0.15, 0.2) is 36.4 Å². The Labute approximate surface area is 193 Å². The van der Waals surface area contributed by atoms with Gasteiger partial charge in [-0.05, 0) is 63.0 Å². The maximum absolute atomic E-state index is 12.7. The zero-order valence-corrected chi connectivity index (χ0v) is 19.0. The molecular weight excluding hydrogens is 418 g/mol. The number of rotatable bonds is 2. The summed E-state index contributed by atoms with van der Waals surface area (Å²) < 4.78 is 12.6. The van der Waals surface area contributed by atoms with Crippen molar-refractivity contribution in [1.82, 2.24) is 4.90 Å². The maximum Gasteiger partial charge on any atom is 0.243 e. The SMILES string of the molecule is COc1ccc2c3c1O[C@H]1[C@H](N4CC(=O)Nc5ccccc54)CC[C@@]4(O)[C@H](C2)N(C)CC[C@]314. The van der Waals surface area contributed by atoms with Gasteiger partial charge in [-0.2, -0.15) is 0 Å². The molecule has 7 rings (SSSR count). The summed E-state index contributed by atoms with van der Waals surface area (Å²) in [5, 5.41) is 15.5. The molecule has 2 aliphatic carbocycles. The lowest BCUT2D eigenvalue weighted by molar-refractivity contribution is -0.184. The molecule has 5 aliphatic rings. The van der Waals surface area contributed by atoms with E-state index in [-0.39, 0.29) is 24.1 Å². The molecule has 0 radical (unpaired) electrons. The molecule has 2 fully saturated rings.